The molecule has 0 bridgehead atoms. The van der Waals surface area contributed by atoms with Gasteiger partial charge in [0.25, 0.3) is 11.8 Å². The summed E-state index contributed by atoms with van der Waals surface area (Å²) in [5, 5.41) is 0. The molecule has 2 heterocycles. The third-order valence-corrected chi connectivity index (χ3v) is 4.51. The number of benzene rings is 1. The van der Waals surface area contributed by atoms with Gasteiger partial charge in [-0.15, -0.1) is 0 Å². The van der Waals surface area contributed by atoms with Crippen LogP contribution in [0.3, 0.4) is 0 Å². The molecule has 3 rings (SSSR count). The highest BCUT2D eigenvalue weighted by Gasteiger charge is 2.26. The van der Waals surface area contributed by atoms with Crippen molar-refractivity contribution in [2.75, 3.05) is 32.8 Å². The first-order valence-electron chi connectivity index (χ1n) is 8.95. The van der Waals surface area contributed by atoms with Gasteiger partial charge in [-0.3, -0.25) is 14.4 Å². The lowest BCUT2D eigenvalue weighted by atomic mass is 10.1. The van der Waals surface area contributed by atoms with Crippen LogP contribution in [0.15, 0.2) is 47.1 Å². The van der Waals surface area contributed by atoms with Crippen LogP contribution in [0.4, 0.5) is 0 Å². The molecular formula is C20H22N2O5. The zero-order valence-corrected chi connectivity index (χ0v) is 15.2. The minimum Gasteiger partial charge on any atom is -0.484 e. The number of ketones is 1. The second-order valence-electron chi connectivity index (χ2n) is 6.24. The molecule has 1 aromatic heterocycles. The Morgan fingerprint density at radius 1 is 1.00 bits per heavy atom. The molecule has 2 aromatic rings. The molecule has 0 N–H and O–H groups in total. The summed E-state index contributed by atoms with van der Waals surface area (Å²) in [5.41, 5.74) is 0.633. The molecule has 2 amide bonds. The lowest BCUT2D eigenvalue weighted by Gasteiger charge is -2.34. The van der Waals surface area contributed by atoms with Gasteiger partial charge in [-0.2, -0.15) is 0 Å². The van der Waals surface area contributed by atoms with Crippen molar-refractivity contribution in [3.8, 4) is 5.75 Å². The van der Waals surface area contributed by atoms with Crippen molar-refractivity contribution in [1.82, 2.24) is 9.80 Å². The maximum Gasteiger partial charge on any atom is 0.289 e. The highest BCUT2D eigenvalue weighted by atomic mass is 16.5. The molecule has 0 radical (unpaired) electrons. The molecule has 27 heavy (non-hydrogen) atoms. The standard InChI is InChI=1S/C20H22N2O5/c1-2-17(23)15-5-7-16(8-6-15)27-14-19(24)21-9-11-22(12-10-21)20(25)18-4-3-13-26-18/h3-8,13H,2,9-12,14H2,1H3. The molecule has 1 saturated heterocycles. The molecule has 1 fully saturated rings. The molecule has 0 atom stereocenters. The number of nitrogens with zero attached hydrogens (tertiary/aromatic N) is 2. The number of hydrogen-bond donors (Lipinski definition) is 0. The molecule has 1 aliphatic heterocycles. The average molecular weight is 370 g/mol. The van der Waals surface area contributed by atoms with Gasteiger partial charge in [0.1, 0.15) is 5.75 Å². The van der Waals surface area contributed by atoms with Gasteiger partial charge < -0.3 is 19.0 Å². The third kappa shape index (κ3) is 4.55. The fourth-order valence-electron chi connectivity index (χ4n) is 2.89. The van der Waals surface area contributed by atoms with E-state index in [4.69, 9.17) is 9.15 Å². The second kappa shape index (κ2) is 8.53. The minimum atomic E-state index is -0.162. The van der Waals surface area contributed by atoms with Gasteiger partial charge in [0.2, 0.25) is 0 Å². The quantitative estimate of drug-likeness (QED) is 0.729. The van der Waals surface area contributed by atoms with Gasteiger partial charge in [-0.05, 0) is 36.4 Å². The Morgan fingerprint density at radius 2 is 1.67 bits per heavy atom. The number of furan rings is 1. The minimum absolute atomic E-state index is 0.0691. The summed E-state index contributed by atoms with van der Waals surface area (Å²) in [6.07, 6.45) is 1.92. The summed E-state index contributed by atoms with van der Waals surface area (Å²) in [6.45, 7) is 3.57. The molecule has 7 heteroatoms. The average Bonchev–Trinajstić information content (AvgIpc) is 3.26. The summed E-state index contributed by atoms with van der Waals surface area (Å²) >= 11 is 0. The molecule has 0 saturated carbocycles. The van der Waals surface area contributed by atoms with Crippen LogP contribution in [0.2, 0.25) is 0 Å². The second-order valence-corrected chi connectivity index (χ2v) is 6.24. The molecule has 142 valence electrons. The van der Waals surface area contributed by atoms with Crippen LogP contribution in [0.1, 0.15) is 34.3 Å². The summed E-state index contributed by atoms with van der Waals surface area (Å²) < 4.78 is 10.7. The Kier molecular flexibility index (Phi) is 5.90. The van der Waals surface area contributed by atoms with Crippen LogP contribution < -0.4 is 4.74 Å². The van der Waals surface area contributed by atoms with E-state index in [0.29, 0.717) is 49.7 Å². The maximum atomic E-state index is 12.3. The Labute approximate surface area is 157 Å². The summed E-state index contributed by atoms with van der Waals surface area (Å²) in [6, 6.07) is 10.1. The molecular weight excluding hydrogens is 348 g/mol. The maximum absolute atomic E-state index is 12.3. The molecule has 0 spiro atoms. The van der Waals surface area contributed by atoms with Crippen LogP contribution in [0, 0.1) is 0 Å². The van der Waals surface area contributed by atoms with Crippen molar-refractivity contribution in [2.24, 2.45) is 0 Å². The van der Waals surface area contributed by atoms with E-state index in [0.717, 1.165) is 0 Å². The monoisotopic (exact) mass is 370 g/mol. The van der Waals surface area contributed by atoms with Crippen molar-refractivity contribution in [3.05, 3.63) is 54.0 Å². The summed E-state index contributed by atoms with van der Waals surface area (Å²) in [4.78, 5) is 39.5. The van der Waals surface area contributed by atoms with Crippen molar-refractivity contribution in [2.45, 2.75) is 13.3 Å². The van der Waals surface area contributed by atoms with E-state index >= 15 is 0 Å². The zero-order valence-electron chi connectivity index (χ0n) is 15.2. The number of carbonyl (C=O) groups is 3. The van der Waals surface area contributed by atoms with Gasteiger partial charge in [-0.25, -0.2) is 0 Å². The number of ether oxygens (including phenoxy) is 1. The Bertz CT molecular complexity index is 790. The zero-order chi connectivity index (χ0) is 19.2. The molecule has 1 aliphatic rings. The third-order valence-electron chi connectivity index (χ3n) is 4.51. The largest absolute Gasteiger partial charge is 0.484 e. The van der Waals surface area contributed by atoms with Crippen molar-refractivity contribution in [3.63, 3.8) is 0 Å². The number of piperazine rings is 1. The normalized spacial score (nSPS) is 14.1. The first kappa shape index (κ1) is 18.7. The SMILES string of the molecule is CCC(=O)c1ccc(OCC(=O)N2CCN(C(=O)c3ccco3)CC2)cc1. The number of hydrogen-bond acceptors (Lipinski definition) is 5. The molecule has 0 unspecified atom stereocenters. The lowest BCUT2D eigenvalue weighted by Crippen LogP contribution is -2.51. The van der Waals surface area contributed by atoms with E-state index in [1.165, 1.54) is 6.26 Å². The van der Waals surface area contributed by atoms with Crippen molar-refractivity contribution in [1.29, 1.82) is 0 Å². The Hall–Kier alpha value is -3.09. The number of Topliss-reactive ketones (excluding diaryl/α,β-unsaturated/α-hetero) is 1. The number of amides is 2. The fraction of sp³-hybridized carbons (Fsp3) is 0.350. The summed E-state index contributed by atoms with van der Waals surface area (Å²) in [5.74, 6) is 0.629. The van der Waals surface area contributed by atoms with Crippen LogP contribution in [0.25, 0.3) is 0 Å². The number of carbonyl (C=O) groups excluding carboxylic acids is 3. The van der Waals surface area contributed by atoms with Crippen LogP contribution in [0.5, 0.6) is 5.75 Å². The molecule has 1 aromatic carbocycles. The van der Waals surface area contributed by atoms with E-state index in [2.05, 4.69) is 0 Å². The topological polar surface area (TPSA) is 80.1 Å². The van der Waals surface area contributed by atoms with E-state index in [-0.39, 0.29) is 24.2 Å². The predicted octanol–water partition coefficient (Wildman–Crippen LogP) is 2.24. The number of rotatable bonds is 6. The van der Waals surface area contributed by atoms with Crippen LogP contribution in [-0.2, 0) is 4.79 Å². The van der Waals surface area contributed by atoms with E-state index in [9.17, 15) is 14.4 Å². The van der Waals surface area contributed by atoms with Gasteiger partial charge in [-0.1, -0.05) is 6.92 Å². The first-order chi connectivity index (χ1) is 13.1. The van der Waals surface area contributed by atoms with E-state index < -0.39 is 0 Å². The molecule has 7 nitrogen and oxygen atoms in total. The summed E-state index contributed by atoms with van der Waals surface area (Å²) in [7, 11) is 0. The Morgan fingerprint density at radius 3 is 2.26 bits per heavy atom. The van der Waals surface area contributed by atoms with Crippen molar-refractivity contribution < 1.29 is 23.5 Å². The van der Waals surface area contributed by atoms with Crippen LogP contribution in [-0.4, -0.2) is 60.2 Å². The highest BCUT2D eigenvalue weighted by molar-refractivity contribution is 5.95. The van der Waals surface area contributed by atoms with Gasteiger partial charge in [0, 0.05) is 38.2 Å². The van der Waals surface area contributed by atoms with Gasteiger partial charge >= 0.3 is 0 Å². The van der Waals surface area contributed by atoms with Crippen LogP contribution >= 0.6 is 0 Å². The highest BCUT2D eigenvalue weighted by Crippen LogP contribution is 2.14. The smallest absolute Gasteiger partial charge is 0.289 e. The van der Waals surface area contributed by atoms with Gasteiger partial charge in [0.15, 0.2) is 18.2 Å². The Balaban J connectivity index is 1.45. The van der Waals surface area contributed by atoms with E-state index in [1.54, 1.807) is 46.2 Å². The lowest BCUT2D eigenvalue weighted by molar-refractivity contribution is -0.134. The molecule has 0 aliphatic carbocycles. The fourth-order valence-corrected chi connectivity index (χ4v) is 2.89. The van der Waals surface area contributed by atoms with E-state index in [1.807, 2.05) is 6.92 Å². The first-order valence-corrected chi connectivity index (χ1v) is 8.95. The van der Waals surface area contributed by atoms with Gasteiger partial charge in [0.05, 0.1) is 6.26 Å². The predicted molar refractivity (Wildman–Crippen MR) is 97.8 cm³/mol. The van der Waals surface area contributed by atoms with Crippen molar-refractivity contribution >= 4 is 17.6 Å².